The zero-order valence-corrected chi connectivity index (χ0v) is 17.7. The van der Waals surface area contributed by atoms with Gasteiger partial charge in [0.15, 0.2) is 8.07 Å². The van der Waals surface area contributed by atoms with Gasteiger partial charge in [-0.1, -0.05) is 115 Å². The highest BCUT2D eigenvalue weighted by molar-refractivity contribution is 7.14. The first-order chi connectivity index (χ1) is 14.3. The summed E-state index contributed by atoms with van der Waals surface area (Å²) in [5, 5.41) is 4.06. The van der Waals surface area contributed by atoms with E-state index in [4.69, 9.17) is 0 Å². The van der Waals surface area contributed by atoms with E-state index in [0.29, 0.717) is 6.42 Å². The van der Waals surface area contributed by atoms with Crippen LogP contribution in [0.4, 0.5) is 0 Å². The highest BCUT2D eigenvalue weighted by atomic mass is 28.3. The van der Waals surface area contributed by atoms with Crippen molar-refractivity contribution in [3.8, 4) is 0 Å². The molecular formula is C26H26O2Si. The van der Waals surface area contributed by atoms with E-state index in [1.165, 1.54) is 22.7 Å². The van der Waals surface area contributed by atoms with Gasteiger partial charge in [-0.15, -0.1) is 0 Å². The minimum atomic E-state index is -2.32. The van der Waals surface area contributed by atoms with Crippen LogP contribution in [-0.4, -0.2) is 21.2 Å². The largest absolute Gasteiger partial charge is 0.469 e. The first-order valence-corrected chi connectivity index (χ1v) is 11.9. The van der Waals surface area contributed by atoms with Crippen LogP contribution in [-0.2, 0) is 9.53 Å². The summed E-state index contributed by atoms with van der Waals surface area (Å²) in [7, 11) is -0.906. The van der Waals surface area contributed by atoms with Crippen molar-refractivity contribution in [2.45, 2.75) is 12.8 Å². The highest BCUT2D eigenvalue weighted by Gasteiger charge is 2.36. The van der Waals surface area contributed by atoms with E-state index in [1.807, 2.05) is 12.2 Å². The molecule has 29 heavy (non-hydrogen) atoms. The van der Waals surface area contributed by atoms with Crippen molar-refractivity contribution in [1.29, 1.82) is 0 Å². The maximum atomic E-state index is 11.3. The summed E-state index contributed by atoms with van der Waals surface area (Å²) in [6.07, 6.45) is 7.20. The lowest BCUT2D eigenvalue weighted by molar-refractivity contribution is -0.139. The smallest absolute Gasteiger partial charge is 0.309 e. The molecule has 0 saturated carbocycles. The Morgan fingerprint density at radius 2 is 1.17 bits per heavy atom. The highest BCUT2D eigenvalue weighted by Crippen LogP contribution is 2.10. The van der Waals surface area contributed by atoms with E-state index in [9.17, 15) is 4.79 Å². The lowest BCUT2D eigenvalue weighted by Gasteiger charge is -2.30. The molecule has 0 heterocycles. The molecule has 3 heteroatoms. The van der Waals surface area contributed by atoms with Crippen LogP contribution in [0.1, 0.15) is 12.8 Å². The van der Waals surface area contributed by atoms with Crippen molar-refractivity contribution in [2.75, 3.05) is 7.11 Å². The van der Waals surface area contributed by atoms with Gasteiger partial charge in [-0.25, -0.2) is 0 Å². The second-order valence-electron chi connectivity index (χ2n) is 6.80. The molecule has 0 aliphatic heterocycles. The minimum Gasteiger partial charge on any atom is -0.469 e. The Labute approximate surface area is 174 Å². The average molecular weight is 399 g/mol. The molecule has 3 aromatic carbocycles. The molecule has 0 aliphatic carbocycles. The number of ether oxygens (including phenoxy) is 1. The predicted molar refractivity (Wildman–Crippen MR) is 124 cm³/mol. The molecule has 0 N–H and O–H groups in total. The van der Waals surface area contributed by atoms with Crippen LogP contribution in [0.15, 0.2) is 115 Å². The first-order valence-electron chi connectivity index (χ1n) is 9.83. The standard InChI is InChI=1S/C26H26O2Si/c1-28-26(27)21-13-2-3-14-22-29(23-15-7-4-8-16-23,24-17-9-5-10-18-24)25-19-11-6-12-20-25/h2,4-20,22H,3,21H2,1H3/b13-2-,22-14+. The maximum Gasteiger partial charge on any atom is 0.309 e. The zero-order chi connectivity index (χ0) is 20.4. The van der Waals surface area contributed by atoms with Crippen molar-refractivity contribution in [2.24, 2.45) is 0 Å². The Bertz CT molecular complexity index is 851. The van der Waals surface area contributed by atoms with Crippen LogP contribution in [0.2, 0.25) is 0 Å². The number of carbonyl (C=O) groups is 1. The van der Waals surface area contributed by atoms with Crippen LogP contribution in [0, 0.1) is 0 Å². The number of esters is 1. The molecule has 3 aromatic rings. The molecule has 0 aromatic heterocycles. The quantitative estimate of drug-likeness (QED) is 0.250. The molecule has 0 amide bonds. The van der Waals surface area contributed by atoms with Crippen LogP contribution < -0.4 is 15.6 Å². The molecule has 2 nitrogen and oxygen atoms in total. The molecule has 3 rings (SSSR count). The van der Waals surface area contributed by atoms with Crippen LogP contribution >= 0.6 is 0 Å². The van der Waals surface area contributed by atoms with Gasteiger partial charge in [0, 0.05) is 0 Å². The Morgan fingerprint density at radius 3 is 1.59 bits per heavy atom. The molecule has 0 aliphatic rings. The lowest BCUT2D eigenvalue weighted by atomic mass is 10.3. The number of benzene rings is 3. The van der Waals surface area contributed by atoms with Crippen LogP contribution in [0.5, 0.6) is 0 Å². The number of rotatable bonds is 8. The van der Waals surface area contributed by atoms with Crippen LogP contribution in [0.3, 0.4) is 0 Å². The van der Waals surface area contributed by atoms with Gasteiger partial charge in [-0.3, -0.25) is 4.79 Å². The number of hydrogen-bond acceptors (Lipinski definition) is 2. The second-order valence-corrected chi connectivity index (χ2v) is 10.5. The van der Waals surface area contributed by atoms with E-state index < -0.39 is 8.07 Å². The summed E-state index contributed by atoms with van der Waals surface area (Å²) in [6.45, 7) is 0. The minimum absolute atomic E-state index is 0.216. The molecular weight excluding hydrogens is 372 g/mol. The summed E-state index contributed by atoms with van der Waals surface area (Å²) in [5.41, 5.74) is 2.41. The monoisotopic (exact) mass is 398 g/mol. The van der Waals surface area contributed by atoms with Gasteiger partial charge < -0.3 is 4.74 Å². The molecule has 0 saturated heterocycles. The van der Waals surface area contributed by atoms with Gasteiger partial charge in [0.05, 0.1) is 13.5 Å². The van der Waals surface area contributed by atoms with Gasteiger partial charge in [0.25, 0.3) is 0 Å². The van der Waals surface area contributed by atoms with E-state index in [-0.39, 0.29) is 5.97 Å². The number of allylic oxidation sites excluding steroid dienone is 2. The Morgan fingerprint density at radius 1 is 0.724 bits per heavy atom. The normalized spacial score (nSPS) is 11.8. The third kappa shape index (κ3) is 5.01. The fourth-order valence-corrected chi connectivity index (χ4v) is 7.80. The maximum absolute atomic E-state index is 11.3. The van der Waals surface area contributed by atoms with E-state index >= 15 is 0 Å². The summed E-state index contributed by atoms with van der Waals surface area (Å²) in [4.78, 5) is 11.3. The summed E-state index contributed by atoms with van der Waals surface area (Å²) in [6, 6.07) is 32.3. The van der Waals surface area contributed by atoms with Gasteiger partial charge in [-0.2, -0.15) is 0 Å². The Hall–Kier alpha value is -3.17. The molecule has 0 atom stereocenters. The number of hydrogen-bond donors (Lipinski definition) is 0. The third-order valence-electron chi connectivity index (χ3n) is 5.01. The lowest BCUT2D eigenvalue weighted by Crippen LogP contribution is -2.66. The summed E-state index contributed by atoms with van der Waals surface area (Å²) < 4.78 is 4.68. The predicted octanol–water partition coefficient (Wildman–Crippen LogP) is 3.76. The summed E-state index contributed by atoms with van der Waals surface area (Å²) >= 11 is 0. The van der Waals surface area contributed by atoms with Gasteiger partial charge in [0.2, 0.25) is 0 Å². The topological polar surface area (TPSA) is 26.3 Å². The number of carbonyl (C=O) groups excluding carboxylic acids is 1. The van der Waals surface area contributed by atoms with Crippen molar-refractivity contribution in [3.05, 3.63) is 115 Å². The fraction of sp³-hybridized carbons (Fsp3) is 0.115. The SMILES string of the molecule is COC(=O)C/C=C\C/C=C/[Si](c1ccccc1)(c1ccccc1)c1ccccc1. The van der Waals surface area contributed by atoms with Crippen molar-refractivity contribution < 1.29 is 9.53 Å². The van der Waals surface area contributed by atoms with Gasteiger partial charge in [-0.05, 0) is 22.0 Å². The Balaban J connectivity index is 2.03. The van der Waals surface area contributed by atoms with E-state index in [1.54, 1.807) is 0 Å². The molecule has 0 fully saturated rings. The third-order valence-corrected chi connectivity index (χ3v) is 9.47. The summed E-state index contributed by atoms with van der Waals surface area (Å²) in [5.74, 6) is -0.216. The van der Waals surface area contributed by atoms with Crippen molar-refractivity contribution in [3.63, 3.8) is 0 Å². The molecule has 0 unspecified atom stereocenters. The molecule has 146 valence electrons. The van der Waals surface area contributed by atoms with Gasteiger partial charge in [0.1, 0.15) is 0 Å². The van der Waals surface area contributed by atoms with Crippen molar-refractivity contribution >= 4 is 29.6 Å². The average Bonchev–Trinajstić information content (AvgIpc) is 2.80. The second kappa shape index (κ2) is 10.4. The first kappa shape index (κ1) is 20.6. The molecule has 0 radical (unpaired) electrons. The van der Waals surface area contributed by atoms with Crippen molar-refractivity contribution in [1.82, 2.24) is 0 Å². The fourth-order valence-electron chi connectivity index (χ4n) is 3.57. The molecule has 0 bridgehead atoms. The van der Waals surface area contributed by atoms with Crippen LogP contribution in [0.25, 0.3) is 0 Å². The van der Waals surface area contributed by atoms with E-state index in [2.05, 4.69) is 108 Å². The van der Waals surface area contributed by atoms with Gasteiger partial charge >= 0.3 is 5.97 Å². The molecule has 0 spiro atoms. The number of methoxy groups -OCH3 is 1. The van der Waals surface area contributed by atoms with E-state index in [0.717, 1.165) is 6.42 Å². The Kier molecular flexibility index (Phi) is 7.37. The zero-order valence-electron chi connectivity index (χ0n) is 16.7.